The lowest BCUT2D eigenvalue weighted by molar-refractivity contribution is -0.149. The van der Waals surface area contributed by atoms with E-state index < -0.39 is 41.5 Å². The number of hydrogen-bond donors (Lipinski definition) is 2. The van der Waals surface area contributed by atoms with Crippen molar-refractivity contribution in [2.45, 2.75) is 35.4 Å². The van der Waals surface area contributed by atoms with Crippen molar-refractivity contribution < 1.29 is 29.3 Å². The predicted molar refractivity (Wildman–Crippen MR) is 121 cm³/mol. The van der Waals surface area contributed by atoms with Crippen LogP contribution in [0.4, 0.5) is 5.69 Å². The number of ether oxygens (including phenoxy) is 1. The first-order valence-corrected chi connectivity index (χ1v) is 11.7. The second-order valence-corrected chi connectivity index (χ2v) is 9.94. The molecule has 6 atom stereocenters. The molecular formula is C22H24BrClN2O6. The van der Waals surface area contributed by atoms with Gasteiger partial charge in [0.2, 0.25) is 5.91 Å². The van der Waals surface area contributed by atoms with Gasteiger partial charge in [-0.25, -0.2) is 0 Å². The fourth-order valence-corrected chi connectivity index (χ4v) is 6.46. The minimum Gasteiger partial charge on any atom is -0.481 e. The number of rotatable bonds is 8. The van der Waals surface area contributed by atoms with Gasteiger partial charge >= 0.3 is 5.97 Å². The lowest BCUT2D eigenvalue weighted by atomic mass is 9.70. The van der Waals surface area contributed by atoms with Crippen LogP contribution in [0.1, 0.15) is 12.8 Å². The number of carboxylic acids is 1. The molecule has 3 unspecified atom stereocenters. The van der Waals surface area contributed by atoms with Gasteiger partial charge in [0.1, 0.15) is 11.6 Å². The third-order valence-electron chi connectivity index (χ3n) is 6.58. The van der Waals surface area contributed by atoms with Crippen molar-refractivity contribution in [3.63, 3.8) is 0 Å². The van der Waals surface area contributed by atoms with E-state index in [-0.39, 0.29) is 36.9 Å². The van der Waals surface area contributed by atoms with Gasteiger partial charge in [0.25, 0.3) is 5.91 Å². The average Bonchev–Trinajstić information content (AvgIpc) is 3.34. The summed E-state index contributed by atoms with van der Waals surface area (Å²) in [5.41, 5.74) is -0.677. The Hall–Kier alpha value is -1.94. The number of aliphatic carboxylic acids is 1. The van der Waals surface area contributed by atoms with Crippen molar-refractivity contribution in [1.82, 2.24) is 4.90 Å². The van der Waals surface area contributed by atoms with E-state index in [9.17, 15) is 24.6 Å². The van der Waals surface area contributed by atoms with Crippen LogP contribution in [0.3, 0.4) is 0 Å². The molecule has 0 aromatic heterocycles. The summed E-state index contributed by atoms with van der Waals surface area (Å²) in [5, 5.41) is 19.7. The zero-order chi connectivity index (χ0) is 23.2. The summed E-state index contributed by atoms with van der Waals surface area (Å²) in [6.45, 7) is 3.89. The predicted octanol–water partition coefficient (Wildman–Crippen LogP) is 2.07. The molecule has 2 N–H and O–H groups in total. The number of alkyl halides is 1. The molecule has 32 heavy (non-hydrogen) atoms. The molecule has 2 amide bonds. The SMILES string of the molecule is C=CCN(C(=O)C1N(CCCO)C(=O)[C@@H]2[C@@H](C(=O)O)[C@@H]3OC12CC3Br)c1ccc(Cl)cc1. The number of halogens is 2. The van der Waals surface area contributed by atoms with Gasteiger partial charge in [-0.3, -0.25) is 14.4 Å². The molecule has 3 aliphatic heterocycles. The number of carboxylic acid groups (broad SMARTS) is 1. The maximum atomic E-state index is 14.0. The summed E-state index contributed by atoms with van der Waals surface area (Å²) in [5.74, 6) is -3.91. The minimum absolute atomic E-state index is 0.125. The molecule has 2 bridgehead atoms. The number of likely N-dealkylation sites (tertiary alicyclic amines) is 1. The van der Waals surface area contributed by atoms with Crippen LogP contribution in [0.2, 0.25) is 5.02 Å². The van der Waals surface area contributed by atoms with E-state index in [1.54, 1.807) is 30.3 Å². The molecule has 172 valence electrons. The maximum absolute atomic E-state index is 14.0. The second kappa shape index (κ2) is 8.78. The number of carbonyl (C=O) groups is 3. The van der Waals surface area contributed by atoms with E-state index in [0.717, 1.165) is 0 Å². The van der Waals surface area contributed by atoms with Crippen LogP contribution < -0.4 is 4.90 Å². The van der Waals surface area contributed by atoms with Crippen molar-refractivity contribution in [3.8, 4) is 0 Å². The van der Waals surface area contributed by atoms with Gasteiger partial charge in [-0.2, -0.15) is 0 Å². The van der Waals surface area contributed by atoms with Gasteiger partial charge in [0.15, 0.2) is 0 Å². The molecule has 4 rings (SSSR count). The van der Waals surface area contributed by atoms with E-state index in [2.05, 4.69) is 22.5 Å². The van der Waals surface area contributed by atoms with Crippen molar-refractivity contribution in [2.24, 2.45) is 11.8 Å². The molecule has 1 spiro atoms. The van der Waals surface area contributed by atoms with Crippen molar-refractivity contribution in [1.29, 1.82) is 0 Å². The van der Waals surface area contributed by atoms with Crippen molar-refractivity contribution >= 4 is 51.0 Å². The molecule has 0 saturated carbocycles. The van der Waals surface area contributed by atoms with Gasteiger partial charge in [0.05, 0.1) is 17.9 Å². The van der Waals surface area contributed by atoms with Gasteiger partial charge in [-0.05, 0) is 37.1 Å². The topological polar surface area (TPSA) is 107 Å². The Bertz CT molecular complexity index is 943. The number of benzene rings is 1. The van der Waals surface area contributed by atoms with Gasteiger partial charge < -0.3 is 24.7 Å². The molecule has 0 aliphatic carbocycles. The quantitative estimate of drug-likeness (QED) is 0.396. The van der Waals surface area contributed by atoms with E-state index in [1.165, 1.54) is 9.80 Å². The fourth-order valence-electron chi connectivity index (χ4n) is 5.39. The molecule has 0 radical (unpaired) electrons. The molecule has 3 saturated heterocycles. The minimum atomic E-state index is -1.25. The third kappa shape index (κ3) is 3.46. The first-order chi connectivity index (χ1) is 15.3. The number of fused-ring (bicyclic) bond motifs is 1. The van der Waals surface area contributed by atoms with E-state index in [0.29, 0.717) is 17.1 Å². The zero-order valence-corrected chi connectivity index (χ0v) is 19.5. The van der Waals surface area contributed by atoms with E-state index >= 15 is 0 Å². The van der Waals surface area contributed by atoms with E-state index in [4.69, 9.17) is 16.3 Å². The number of anilines is 1. The number of aliphatic hydroxyl groups excluding tert-OH is 1. The summed E-state index contributed by atoms with van der Waals surface area (Å²) >= 11 is 9.51. The van der Waals surface area contributed by atoms with Crippen LogP contribution >= 0.6 is 27.5 Å². The van der Waals surface area contributed by atoms with Gasteiger partial charge in [0, 0.05) is 35.2 Å². The fraction of sp³-hybridized carbons (Fsp3) is 0.500. The van der Waals surface area contributed by atoms with Crippen LogP contribution in [-0.4, -0.2) is 75.2 Å². The number of carbonyl (C=O) groups excluding carboxylic acids is 2. The summed E-state index contributed by atoms with van der Waals surface area (Å²) in [6, 6.07) is 5.72. The zero-order valence-electron chi connectivity index (χ0n) is 17.2. The second-order valence-electron chi connectivity index (χ2n) is 8.32. The van der Waals surface area contributed by atoms with Crippen LogP contribution in [-0.2, 0) is 19.1 Å². The lowest BCUT2D eigenvalue weighted by Gasteiger charge is -2.37. The average molecular weight is 528 g/mol. The van der Waals surface area contributed by atoms with Crippen molar-refractivity contribution in [3.05, 3.63) is 41.9 Å². The van der Waals surface area contributed by atoms with Crippen LogP contribution in [0.15, 0.2) is 36.9 Å². The number of hydrogen-bond acceptors (Lipinski definition) is 5. The summed E-state index contributed by atoms with van der Waals surface area (Å²) in [7, 11) is 0. The maximum Gasteiger partial charge on any atom is 0.310 e. The Morgan fingerprint density at radius 2 is 2.06 bits per heavy atom. The third-order valence-corrected chi connectivity index (χ3v) is 7.68. The first-order valence-electron chi connectivity index (χ1n) is 10.4. The number of amides is 2. The molecule has 3 heterocycles. The normalized spacial score (nSPS) is 32.8. The summed E-state index contributed by atoms with van der Waals surface area (Å²) in [4.78, 5) is 42.1. The largest absolute Gasteiger partial charge is 0.481 e. The highest BCUT2D eigenvalue weighted by atomic mass is 79.9. The Kier molecular flexibility index (Phi) is 6.37. The molecule has 3 aliphatic rings. The highest BCUT2D eigenvalue weighted by Gasteiger charge is 2.76. The van der Waals surface area contributed by atoms with Crippen molar-refractivity contribution in [2.75, 3.05) is 24.6 Å². The summed E-state index contributed by atoms with van der Waals surface area (Å²) in [6.07, 6.45) is 1.49. The highest BCUT2D eigenvalue weighted by Crippen LogP contribution is 2.60. The Morgan fingerprint density at radius 3 is 2.66 bits per heavy atom. The number of nitrogens with zero attached hydrogens (tertiary/aromatic N) is 2. The first kappa shape index (κ1) is 23.2. The Morgan fingerprint density at radius 1 is 1.38 bits per heavy atom. The van der Waals surface area contributed by atoms with Crippen LogP contribution in [0, 0.1) is 11.8 Å². The molecule has 10 heteroatoms. The summed E-state index contributed by atoms with van der Waals surface area (Å²) < 4.78 is 6.22. The monoisotopic (exact) mass is 526 g/mol. The number of aliphatic hydroxyl groups is 1. The van der Waals surface area contributed by atoms with Crippen LogP contribution in [0.25, 0.3) is 0 Å². The van der Waals surface area contributed by atoms with E-state index in [1.807, 2.05) is 0 Å². The Balaban J connectivity index is 1.79. The highest BCUT2D eigenvalue weighted by molar-refractivity contribution is 9.09. The van der Waals surface area contributed by atoms with Gasteiger partial charge in [-0.1, -0.05) is 33.6 Å². The van der Waals surface area contributed by atoms with Crippen LogP contribution in [0.5, 0.6) is 0 Å². The molecule has 3 fully saturated rings. The lowest BCUT2D eigenvalue weighted by Crippen LogP contribution is -2.57. The molecule has 8 nitrogen and oxygen atoms in total. The molecule has 1 aromatic carbocycles. The smallest absolute Gasteiger partial charge is 0.310 e. The Labute approximate surface area is 198 Å². The van der Waals surface area contributed by atoms with Gasteiger partial charge in [-0.15, -0.1) is 6.58 Å². The standard InChI is InChI=1S/C22H24BrClN2O6/c1-2-8-25(13-6-4-12(24)5-7-13)20(29)18-22-11-14(23)17(32-22)15(21(30)31)16(22)19(28)26(18)9-3-10-27/h2,4-7,14-18,27H,1,3,8-11H2,(H,30,31)/t14?,15-,16+,17-,18?,22?/m1/s1. The molecule has 1 aromatic rings. The molecular weight excluding hydrogens is 504 g/mol.